The van der Waals surface area contributed by atoms with Crippen LogP contribution in [-0.2, 0) is 19.1 Å². The number of nitrogens with two attached hydrogens (primary N) is 1. The van der Waals surface area contributed by atoms with E-state index in [0.717, 1.165) is 0 Å². The van der Waals surface area contributed by atoms with Gasteiger partial charge in [-0.1, -0.05) is 18.2 Å². The number of ether oxygens (including phenoxy) is 5. The molecule has 182 valence electrons. The number of nitrogens with zero attached hydrogens (tertiary/aromatic N) is 2. The molecule has 2 N–H and O–H groups in total. The molecule has 1 heterocycles. The van der Waals surface area contributed by atoms with Crippen molar-refractivity contribution in [2.75, 3.05) is 40.4 Å². The monoisotopic (exact) mass is 479 g/mol. The summed E-state index contributed by atoms with van der Waals surface area (Å²) < 4.78 is 26.3. The minimum atomic E-state index is -1.10. The molecule has 0 saturated heterocycles. The zero-order valence-electron chi connectivity index (χ0n) is 19.9. The van der Waals surface area contributed by atoms with Gasteiger partial charge < -0.3 is 29.4 Å². The van der Waals surface area contributed by atoms with E-state index in [2.05, 4.69) is 6.07 Å². The molecule has 1 aliphatic rings. The number of allylic oxidation sites excluding steroid dienone is 1. The maximum Gasteiger partial charge on any atom is 0.355 e. The largest absolute Gasteiger partial charge is 0.493 e. The van der Waals surface area contributed by atoms with Crippen molar-refractivity contribution in [1.29, 1.82) is 5.26 Å². The van der Waals surface area contributed by atoms with Crippen molar-refractivity contribution in [1.82, 2.24) is 0 Å². The van der Waals surface area contributed by atoms with Crippen LogP contribution in [0.15, 0.2) is 65.1 Å². The van der Waals surface area contributed by atoms with Crippen molar-refractivity contribution in [3.8, 4) is 23.3 Å². The van der Waals surface area contributed by atoms with Crippen LogP contribution in [-0.4, -0.2) is 47.5 Å². The zero-order chi connectivity index (χ0) is 25.7. The van der Waals surface area contributed by atoms with E-state index in [1.54, 1.807) is 42.5 Å². The van der Waals surface area contributed by atoms with Gasteiger partial charge in [-0.15, -0.1) is 0 Å². The molecule has 0 aliphatic carbocycles. The SMILES string of the molecule is COC(=O)C1=C(C(=O)OC)N(c2ccccc2)C(N)=C(C#N)C1c1cc(OC)c(OC)c(OC)c1. The van der Waals surface area contributed by atoms with Gasteiger partial charge in [0.05, 0.1) is 58.7 Å². The summed E-state index contributed by atoms with van der Waals surface area (Å²) in [5.74, 6) is -1.95. The first-order chi connectivity index (χ1) is 16.9. The third kappa shape index (κ3) is 4.31. The number of carbonyl (C=O) groups excluding carboxylic acids is 2. The number of esters is 2. The summed E-state index contributed by atoms with van der Waals surface area (Å²) in [6.07, 6.45) is 0. The number of methoxy groups -OCH3 is 5. The number of hydrogen-bond acceptors (Lipinski definition) is 10. The van der Waals surface area contributed by atoms with Crippen molar-refractivity contribution in [3.63, 3.8) is 0 Å². The van der Waals surface area contributed by atoms with Crippen molar-refractivity contribution in [2.45, 2.75) is 5.92 Å². The molecule has 0 radical (unpaired) electrons. The van der Waals surface area contributed by atoms with Gasteiger partial charge in [0.2, 0.25) is 5.75 Å². The molecule has 1 aliphatic heterocycles. The third-order valence-corrected chi connectivity index (χ3v) is 5.51. The lowest BCUT2D eigenvalue weighted by atomic mass is 9.80. The molecular formula is C25H25N3O7. The summed E-state index contributed by atoms with van der Waals surface area (Å²) >= 11 is 0. The van der Waals surface area contributed by atoms with Crippen molar-refractivity contribution in [2.24, 2.45) is 5.73 Å². The highest BCUT2D eigenvalue weighted by Gasteiger charge is 2.43. The number of rotatable bonds is 7. The van der Waals surface area contributed by atoms with E-state index in [0.29, 0.717) is 17.0 Å². The van der Waals surface area contributed by atoms with Crippen LogP contribution in [0.1, 0.15) is 11.5 Å². The highest BCUT2D eigenvalue weighted by atomic mass is 16.5. The topological polar surface area (TPSA) is 133 Å². The van der Waals surface area contributed by atoms with E-state index in [1.165, 1.54) is 40.4 Å². The van der Waals surface area contributed by atoms with Crippen LogP contribution in [0.5, 0.6) is 17.2 Å². The van der Waals surface area contributed by atoms with Gasteiger partial charge in [0.15, 0.2) is 11.5 Å². The van der Waals surface area contributed by atoms with Crippen molar-refractivity contribution < 1.29 is 33.3 Å². The second kappa shape index (κ2) is 10.5. The Labute approximate surface area is 202 Å². The number of anilines is 1. The van der Waals surface area contributed by atoms with Crippen LogP contribution in [0.2, 0.25) is 0 Å². The molecule has 3 rings (SSSR count). The number of para-hydroxylation sites is 1. The molecule has 0 amide bonds. The van der Waals surface area contributed by atoms with E-state index < -0.39 is 17.9 Å². The molecule has 0 saturated carbocycles. The number of carbonyl (C=O) groups is 2. The summed E-state index contributed by atoms with van der Waals surface area (Å²) in [5.41, 5.74) is 7.00. The Bertz CT molecular complexity index is 1220. The lowest BCUT2D eigenvalue weighted by Crippen LogP contribution is -2.40. The molecule has 2 aromatic rings. The van der Waals surface area contributed by atoms with E-state index >= 15 is 0 Å². The smallest absolute Gasteiger partial charge is 0.355 e. The molecule has 10 heteroatoms. The average molecular weight is 479 g/mol. The minimum absolute atomic E-state index is 0.0104. The van der Waals surface area contributed by atoms with Gasteiger partial charge in [0.25, 0.3) is 0 Å². The maximum atomic E-state index is 13.2. The molecule has 0 spiro atoms. The molecular weight excluding hydrogens is 454 g/mol. The normalized spacial score (nSPS) is 15.3. The summed E-state index contributed by atoms with van der Waals surface area (Å²) in [4.78, 5) is 27.6. The summed E-state index contributed by atoms with van der Waals surface area (Å²) in [6.45, 7) is 0. The molecule has 0 aromatic heterocycles. The van der Waals surface area contributed by atoms with Crippen LogP contribution >= 0.6 is 0 Å². The predicted molar refractivity (Wildman–Crippen MR) is 126 cm³/mol. The number of hydrogen-bond donors (Lipinski definition) is 1. The van der Waals surface area contributed by atoms with E-state index in [1.807, 2.05) is 0 Å². The van der Waals surface area contributed by atoms with Gasteiger partial charge in [-0.2, -0.15) is 5.26 Å². The first-order valence-electron chi connectivity index (χ1n) is 10.3. The van der Waals surface area contributed by atoms with Crippen LogP contribution in [0, 0.1) is 11.3 Å². The van der Waals surface area contributed by atoms with Crippen LogP contribution in [0.3, 0.4) is 0 Å². The Morgan fingerprint density at radius 2 is 1.49 bits per heavy atom. The molecule has 2 aromatic carbocycles. The van der Waals surface area contributed by atoms with Gasteiger partial charge in [-0.3, -0.25) is 4.90 Å². The Balaban J connectivity index is 2.45. The van der Waals surface area contributed by atoms with Gasteiger partial charge in [-0.25, -0.2) is 9.59 Å². The van der Waals surface area contributed by atoms with E-state index in [4.69, 9.17) is 29.4 Å². The highest BCUT2D eigenvalue weighted by molar-refractivity contribution is 6.06. The van der Waals surface area contributed by atoms with Crippen LogP contribution in [0.25, 0.3) is 0 Å². The number of nitriles is 1. The van der Waals surface area contributed by atoms with Gasteiger partial charge in [0.1, 0.15) is 11.5 Å². The van der Waals surface area contributed by atoms with Crippen molar-refractivity contribution in [3.05, 3.63) is 70.7 Å². The van der Waals surface area contributed by atoms with Gasteiger partial charge in [-0.05, 0) is 29.8 Å². The first kappa shape index (κ1) is 25.0. The third-order valence-electron chi connectivity index (χ3n) is 5.51. The molecule has 0 fully saturated rings. The molecule has 1 unspecified atom stereocenters. The molecule has 10 nitrogen and oxygen atoms in total. The van der Waals surface area contributed by atoms with Crippen LogP contribution in [0.4, 0.5) is 5.69 Å². The van der Waals surface area contributed by atoms with Crippen molar-refractivity contribution >= 4 is 17.6 Å². The highest BCUT2D eigenvalue weighted by Crippen LogP contribution is 2.47. The Morgan fingerprint density at radius 3 is 1.94 bits per heavy atom. The maximum absolute atomic E-state index is 13.2. The Hall–Kier alpha value is -4.65. The van der Waals surface area contributed by atoms with Crippen LogP contribution < -0.4 is 24.8 Å². The van der Waals surface area contributed by atoms with E-state index in [-0.39, 0.29) is 34.2 Å². The van der Waals surface area contributed by atoms with E-state index in [9.17, 15) is 14.9 Å². The zero-order valence-corrected chi connectivity index (χ0v) is 19.9. The number of benzene rings is 2. The summed E-state index contributed by atoms with van der Waals surface area (Å²) in [5, 5.41) is 10.2. The second-order valence-corrected chi connectivity index (χ2v) is 7.22. The predicted octanol–water partition coefficient (Wildman–Crippen LogP) is 2.61. The summed E-state index contributed by atoms with van der Waals surface area (Å²) in [6, 6.07) is 13.8. The lowest BCUT2D eigenvalue weighted by molar-refractivity contribution is -0.139. The fourth-order valence-electron chi connectivity index (χ4n) is 3.98. The van der Waals surface area contributed by atoms with Gasteiger partial charge in [0, 0.05) is 5.69 Å². The quantitative estimate of drug-likeness (QED) is 0.591. The minimum Gasteiger partial charge on any atom is -0.493 e. The molecule has 0 bridgehead atoms. The lowest BCUT2D eigenvalue weighted by Gasteiger charge is -2.36. The Morgan fingerprint density at radius 1 is 0.914 bits per heavy atom. The first-order valence-corrected chi connectivity index (χ1v) is 10.3. The molecule has 35 heavy (non-hydrogen) atoms. The summed E-state index contributed by atoms with van der Waals surface area (Å²) in [7, 11) is 6.68. The average Bonchev–Trinajstić information content (AvgIpc) is 2.90. The standard InChI is InChI=1S/C25H25N3O7/c1-31-17-11-14(12-18(32-2)22(17)33-3)19-16(13-26)23(27)28(15-9-7-6-8-10-15)21(25(30)35-5)20(19)24(29)34-4/h6-12,19H,27H2,1-5H3. The fourth-order valence-corrected chi connectivity index (χ4v) is 3.98. The van der Waals surface area contributed by atoms with Gasteiger partial charge >= 0.3 is 11.9 Å². The fraction of sp³-hybridized carbons (Fsp3) is 0.240. The second-order valence-electron chi connectivity index (χ2n) is 7.22. The Kier molecular flexibility index (Phi) is 7.51. The molecule has 1 atom stereocenters.